The maximum atomic E-state index is 11.1. The molecule has 4 N–H and O–H groups in total. The van der Waals surface area contributed by atoms with E-state index in [1.54, 1.807) is 0 Å². The van der Waals surface area contributed by atoms with E-state index in [4.69, 9.17) is 14.9 Å². The lowest BCUT2D eigenvalue weighted by Crippen LogP contribution is -2.40. The van der Waals surface area contributed by atoms with Gasteiger partial charge in [-0.05, 0) is 20.4 Å². The number of carbonyl (C=O) groups excluding carboxylic acids is 1. The summed E-state index contributed by atoms with van der Waals surface area (Å²) in [6.07, 6.45) is 0.0960. The lowest BCUT2D eigenvalue weighted by atomic mass is 10.2. The van der Waals surface area contributed by atoms with Crippen LogP contribution in [0.3, 0.4) is 0 Å². The van der Waals surface area contributed by atoms with Crippen molar-refractivity contribution in [2.24, 2.45) is 0 Å². The Labute approximate surface area is 103 Å². The summed E-state index contributed by atoms with van der Waals surface area (Å²) >= 11 is 0. The van der Waals surface area contributed by atoms with Crippen molar-refractivity contribution in [3.05, 3.63) is 0 Å². The molecule has 1 amide bonds. The second-order valence-corrected chi connectivity index (χ2v) is 3.32. The average Bonchev–Trinajstić information content (AvgIpc) is 2.38. The zero-order valence-corrected chi connectivity index (χ0v) is 11.2. The number of rotatable bonds is 7. The van der Waals surface area contributed by atoms with Crippen LogP contribution in [0.15, 0.2) is 0 Å². The summed E-state index contributed by atoms with van der Waals surface area (Å²) in [5.74, 6) is 0. The van der Waals surface area contributed by atoms with Crippen LogP contribution in [0.25, 0.3) is 0 Å². The second kappa shape index (κ2) is 13.2. The first-order valence-corrected chi connectivity index (χ1v) is 5.96. The quantitative estimate of drug-likeness (QED) is 0.514. The van der Waals surface area contributed by atoms with Crippen molar-refractivity contribution in [3.63, 3.8) is 0 Å². The van der Waals surface area contributed by atoms with Crippen LogP contribution in [0.2, 0.25) is 0 Å². The van der Waals surface area contributed by atoms with Crippen LogP contribution in [0.4, 0.5) is 4.79 Å². The van der Waals surface area contributed by atoms with Crippen LogP contribution in [0.1, 0.15) is 27.2 Å². The highest BCUT2D eigenvalue weighted by Gasteiger charge is 2.10. The Hall–Kier alpha value is -0.850. The van der Waals surface area contributed by atoms with E-state index in [-0.39, 0.29) is 19.3 Å². The SMILES string of the molecule is CC.CNC(C)CCOC(=O)NC(CO)CO. The summed E-state index contributed by atoms with van der Waals surface area (Å²) in [5, 5.41) is 22.7. The molecule has 0 heterocycles. The van der Waals surface area contributed by atoms with Crippen molar-refractivity contribution in [1.82, 2.24) is 10.6 Å². The van der Waals surface area contributed by atoms with Crippen LogP contribution >= 0.6 is 0 Å². The molecule has 0 bridgehead atoms. The first-order chi connectivity index (χ1) is 8.13. The maximum absolute atomic E-state index is 11.1. The Bertz CT molecular complexity index is 175. The third-order valence-electron chi connectivity index (χ3n) is 2.04. The lowest BCUT2D eigenvalue weighted by molar-refractivity contribution is 0.119. The summed E-state index contributed by atoms with van der Waals surface area (Å²) in [5.41, 5.74) is 0. The van der Waals surface area contributed by atoms with Crippen molar-refractivity contribution in [3.8, 4) is 0 Å². The number of ether oxygens (including phenoxy) is 1. The molecule has 0 saturated heterocycles. The molecule has 6 heteroatoms. The van der Waals surface area contributed by atoms with E-state index in [9.17, 15) is 4.79 Å². The fourth-order valence-corrected chi connectivity index (χ4v) is 0.830. The highest BCUT2D eigenvalue weighted by Crippen LogP contribution is 1.91. The topological polar surface area (TPSA) is 90.8 Å². The Balaban J connectivity index is 0. The van der Waals surface area contributed by atoms with Gasteiger partial charge in [-0.3, -0.25) is 0 Å². The van der Waals surface area contributed by atoms with Gasteiger partial charge < -0.3 is 25.6 Å². The third kappa shape index (κ3) is 11.4. The number of aliphatic hydroxyl groups is 2. The van der Waals surface area contributed by atoms with Gasteiger partial charge in [0.15, 0.2) is 0 Å². The number of amides is 1. The number of alkyl carbamates (subject to hydrolysis) is 1. The van der Waals surface area contributed by atoms with Gasteiger partial charge in [0.25, 0.3) is 0 Å². The van der Waals surface area contributed by atoms with Gasteiger partial charge in [-0.1, -0.05) is 13.8 Å². The van der Waals surface area contributed by atoms with Crippen molar-refractivity contribution >= 4 is 6.09 Å². The molecule has 0 radical (unpaired) electrons. The van der Waals surface area contributed by atoms with Gasteiger partial charge in [0, 0.05) is 6.04 Å². The number of nitrogens with one attached hydrogen (secondary N) is 2. The maximum Gasteiger partial charge on any atom is 0.407 e. The molecular formula is C11H26N2O4. The van der Waals surface area contributed by atoms with Crippen LogP contribution < -0.4 is 10.6 Å². The first kappa shape index (κ1) is 18.5. The van der Waals surface area contributed by atoms with Crippen molar-refractivity contribution < 1.29 is 19.7 Å². The molecule has 0 aliphatic heterocycles. The molecule has 0 rings (SSSR count). The predicted molar refractivity (Wildman–Crippen MR) is 66.9 cm³/mol. The molecule has 0 aromatic heterocycles. The molecular weight excluding hydrogens is 224 g/mol. The zero-order chi connectivity index (χ0) is 13.7. The zero-order valence-electron chi connectivity index (χ0n) is 11.2. The van der Waals surface area contributed by atoms with Gasteiger partial charge >= 0.3 is 6.09 Å². The number of aliphatic hydroxyl groups excluding tert-OH is 2. The van der Waals surface area contributed by atoms with E-state index in [0.717, 1.165) is 0 Å². The van der Waals surface area contributed by atoms with E-state index in [1.165, 1.54) is 0 Å². The van der Waals surface area contributed by atoms with Crippen LogP contribution in [0.5, 0.6) is 0 Å². The minimum atomic E-state index is -0.653. The molecule has 0 aromatic rings. The molecule has 0 spiro atoms. The molecule has 6 nitrogen and oxygen atoms in total. The molecule has 17 heavy (non-hydrogen) atoms. The fourth-order valence-electron chi connectivity index (χ4n) is 0.830. The van der Waals surface area contributed by atoms with E-state index >= 15 is 0 Å². The van der Waals surface area contributed by atoms with Crippen LogP contribution in [0, 0.1) is 0 Å². The van der Waals surface area contributed by atoms with Gasteiger partial charge in [-0.15, -0.1) is 0 Å². The largest absolute Gasteiger partial charge is 0.449 e. The minimum Gasteiger partial charge on any atom is -0.449 e. The highest BCUT2D eigenvalue weighted by molar-refractivity contribution is 5.67. The summed E-state index contributed by atoms with van der Waals surface area (Å²) in [6, 6.07) is -0.372. The monoisotopic (exact) mass is 250 g/mol. The Morgan fingerprint density at radius 2 is 1.82 bits per heavy atom. The number of hydrogen-bond acceptors (Lipinski definition) is 5. The van der Waals surface area contributed by atoms with Gasteiger partial charge in [-0.2, -0.15) is 0 Å². The standard InChI is InChI=1S/C9H20N2O4.C2H6/c1-7(10-2)3-4-15-9(14)11-8(5-12)6-13;1-2/h7-8,10,12-13H,3-6H2,1-2H3,(H,11,14);1-2H3. The minimum absolute atomic E-state index is 0.282. The van der Waals surface area contributed by atoms with Gasteiger partial charge in [0.05, 0.1) is 25.9 Å². The summed E-state index contributed by atoms with van der Waals surface area (Å²) < 4.78 is 4.84. The van der Waals surface area contributed by atoms with E-state index < -0.39 is 12.1 Å². The first-order valence-electron chi connectivity index (χ1n) is 5.96. The Morgan fingerprint density at radius 1 is 1.29 bits per heavy atom. The molecule has 1 unspecified atom stereocenters. The predicted octanol–water partition coefficient (Wildman–Crippen LogP) is 0.0900. The Kier molecular flexibility index (Phi) is 14.4. The summed E-state index contributed by atoms with van der Waals surface area (Å²) in [6.45, 7) is 5.67. The lowest BCUT2D eigenvalue weighted by Gasteiger charge is -2.14. The third-order valence-corrected chi connectivity index (χ3v) is 2.04. The highest BCUT2D eigenvalue weighted by atomic mass is 16.5. The summed E-state index contributed by atoms with van der Waals surface area (Å²) in [7, 11) is 1.83. The van der Waals surface area contributed by atoms with Gasteiger partial charge in [-0.25, -0.2) is 4.79 Å². The van der Waals surface area contributed by atoms with Crippen LogP contribution in [-0.2, 0) is 4.74 Å². The number of carbonyl (C=O) groups is 1. The smallest absolute Gasteiger partial charge is 0.407 e. The average molecular weight is 250 g/mol. The molecule has 0 aromatic carbocycles. The molecule has 0 aliphatic carbocycles. The molecule has 104 valence electrons. The molecule has 0 fully saturated rings. The molecule has 0 saturated carbocycles. The normalized spacial score (nSPS) is 11.5. The van der Waals surface area contributed by atoms with Gasteiger partial charge in [0.1, 0.15) is 0 Å². The number of hydrogen-bond donors (Lipinski definition) is 4. The van der Waals surface area contributed by atoms with Crippen LogP contribution in [-0.4, -0.2) is 55.3 Å². The van der Waals surface area contributed by atoms with Gasteiger partial charge in [0.2, 0.25) is 0 Å². The summed E-state index contributed by atoms with van der Waals surface area (Å²) in [4.78, 5) is 11.1. The second-order valence-electron chi connectivity index (χ2n) is 3.32. The van der Waals surface area contributed by atoms with Crippen molar-refractivity contribution in [2.45, 2.75) is 39.3 Å². The van der Waals surface area contributed by atoms with E-state index in [1.807, 2.05) is 27.8 Å². The Morgan fingerprint density at radius 3 is 2.24 bits per heavy atom. The molecule has 1 atom stereocenters. The molecule has 0 aliphatic rings. The van der Waals surface area contributed by atoms with E-state index in [0.29, 0.717) is 13.0 Å². The van der Waals surface area contributed by atoms with Crippen molar-refractivity contribution in [2.75, 3.05) is 26.9 Å². The fraction of sp³-hybridized carbons (Fsp3) is 0.909. The van der Waals surface area contributed by atoms with Crippen molar-refractivity contribution in [1.29, 1.82) is 0 Å². The van der Waals surface area contributed by atoms with E-state index in [2.05, 4.69) is 10.6 Å².